The van der Waals surface area contributed by atoms with Crippen LogP contribution in [0.1, 0.15) is 5.56 Å². The van der Waals surface area contributed by atoms with Crippen LogP contribution in [-0.2, 0) is 4.79 Å². The van der Waals surface area contributed by atoms with E-state index >= 15 is 0 Å². The van der Waals surface area contributed by atoms with Gasteiger partial charge < -0.3 is 25.0 Å². The zero-order chi connectivity index (χ0) is 22.4. The van der Waals surface area contributed by atoms with Crippen LogP contribution in [0.5, 0.6) is 11.5 Å². The average molecular weight is 522 g/mol. The van der Waals surface area contributed by atoms with Crippen LogP contribution in [0.25, 0.3) is 6.08 Å². The zero-order valence-electron chi connectivity index (χ0n) is 16.8. The van der Waals surface area contributed by atoms with Crippen molar-refractivity contribution in [3.8, 4) is 11.5 Å². The maximum Gasteiger partial charge on any atom is 0.321 e. The lowest BCUT2D eigenvalue weighted by atomic mass is 10.2. The molecule has 2 aromatic rings. The number of nitrogens with zero attached hydrogens (tertiary/aromatic N) is 1. The van der Waals surface area contributed by atoms with Crippen LogP contribution in [0.3, 0.4) is 0 Å². The third-order valence-electron chi connectivity index (χ3n) is 4.27. The van der Waals surface area contributed by atoms with Crippen LogP contribution in [0.15, 0.2) is 51.8 Å². The van der Waals surface area contributed by atoms with Gasteiger partial charge in [0.15, 0.2) is 0 Å². The second kappa shape index (κ2) is 10.7. The fourth-order valence-corrected chi connectivity index (χ4v) is 4.03. The Kier molecular flexibility index (Phi) is 7.94. The molecule has 2 aromatic carbocycles. The van der Waals surface area contributed by atoms with E-state index < -0.39 is 0 Å². The number of nitrogens with one attached hydrogen (secondary N) is 2. The first-order valence-corrected chi connectivity index (χ1v) is 11.2. The van der Waals surface area contributed by atoms with Gasteiger partial charge in [-0.25, -0.2) is 4.79 Å². The number of carbonyl (C=O) groups is 2. The van der Waals surface area contributed by atoms with Crippen LogP contribution in [0, 0.1) is 0 Å². The molecule has 2 N–H and O–H groups in total. The van der Waals surface area contributed by atoms with E-state index in [1.165, 1.54) is 16.7 Å². The Morgan fingerprint density at radius 1 is 1.29 bits per heavy atom. The van der Waals surface area contributed by atoms with Gasteiger partial charge in [-0.05, 0) is 48.5 Å². The summed E-state index contributed by atoms with van der Waals surface area (Å²) in [6.07, 6.45) is 1.74. The van der Waals surface area contributed by atoms with E-state index in [4.69, 9.17) is 21.7 Å². The lowest BCUT2D eigenvalue weighted by Gasteiger charge is -2.19. The number of ether oxygens (including phenoxy) is 2. The van der Waals surface area contributed by atoms with E-state index in [9.17, 15) is 9.59 Å². The number of thioether (sulfide) groups is 1. The highest BCUT2D eigenvalue weighted by Gasteiger charge is 2.22. The lowest BCUT2D eigenvalue weighted by Crippen LogP contribution is -2.34. The Morgan fingerprint density at radius 3 is 2.68 bits per heavy atom. The number of halogens is 1. The molecule has 0 aromatic heterocycles. The monoisotopic (exact) mass is 521 g/mol. The molecule has 0 spiro atoms. The second-order valence-electron chi connectivity index (χ2n) is 6.46. The van der Waals surface area contributed by atoms with E-state index in [0.29, 0.717) is 27.2 Å². The van der Waals surface area contributed by atoms with Gasteiger partial charge in [-0.1, -0.05) is 39.9 Å². The molecule has 1 aliphatic heterocycles. The topological polar surface area (TPSA) is 79.9 Å². The van der Waals surface area contributed by atoms with Crippen molar-refractivity contribution in [2.45, 2.75) is 0 Å². The summed E-state index contributed by atoms with van der Waals surface area (Å²) in [7, 11) is 3.28. The largest absolute Gasteiger partial charge is 0.497 e. The molecular weight excluding hydrogens is 502 g/mol. The van der Waals surface area contributed by atoms with E-state index in [1.54, 1.807) is 44.5 Å². The Hall–Kier alpha value is -2.56. The molecule has 1 fully saturated rings. The summed E-state index contributed by atoms with van der Waals surface area (Å²) in [5, 5.41) is 5.41. The standard InChI is InChI=1S/C21H20BrN3O4S2/c1-25(20(27)23-15-4-6-16(28-2)7-5-15)9-10-29-17-8-3-14(22)11-13(17)12-18-19(26)24-21(30)31-18/h3-8,11-12H,9-10H2,1-2H3,(H,23,27)(H,24,26,30). The van der Waals surface area contributed by atoms with Gasteiger partial charge in [0.25, 0.3) is 5.91 Å². The van der Waals surface area contributed by atoms with E-state index in [0.717, 1.165) is 15.8 Å². The molecule has 0 unspecified atom stereocenters. The maximum absolute atomic E-state index is 12.4. The molecule has 31 heavy (non-hydrogen) atoms. The van der Waals surface area contributed by atoms with E-state index in [-0.39, 0.29) is 18.5 Å². The first-order chi connectivity index (χ1) is 14.9. The minimum absolute atomic E-state index is 0.226. The van der Waals surface area contributed by atoms with Gasteiger partial charge in [0.05, 0.1) is 18.6 Å². The quantitative estimate of drug-likeness (QED) is 0.412. The molecular formula is C21H20BrN3O4S2. The number of anilines is 1. The SMILES string of the molecule is COc1ccc(NC(=O)N(C)CCOc2ccc(Br)cc2C=C2SC(=S)NC2=O)cc1. The van der Waals surface area contributed by atoms with Crippen LogP contribution >= 0.6 is 39.9 Å². The smallest absolute Gasteiger partial charge is 0.321 e. The van der Waals surface area contributed by atoms with Crippen molar-refractivity contribution in [3.63, 3.8) is 0 Å². The van der Waals surface area contributed by atoms with Crippen LogP contribution < -0.4 is 20.1 Å². The van der Waals surface area contributed by atoms with E-state index in [1.807, 2.05) is 18.2 Å². The Bertz CT molecular complexity index is 1030. The summed E-state index contributed by atoms with van der Waals surface area (Å²) in [5.41, 5.74) is 1.41. The van der Waals surface area contributed by atoms with Crippen LogP contribution in [-0.4, -0.2) is 48.5 Å². The molecule has 0 saturated carbocycles. The lowest BCUT2D eigenvalue weighted by molar-refractivity contribution is -0.115. The van der Waals surface area contributed by atoms with Gasteiger partial charge in [0.1, 0.15) is 22.4 Å². The molecule has 3 amide bonds. The minimum Gasteiger partial charge on any atom is -0.497 e. The number of rotatable bonds is 7. The predicted molar refractivity (Wildman–Crippen MR) is 131 cm³/mol. The summed E-state index contributed by atoms with van der Waals surface area (Å²) < 4.78 is 12.3. The molecule has 0 atom stereocenters. The fraction of sp³-hybridized carbons (Fsp3) is 0.190. The number of thiocarbonyl (C=S) groups is 1. The van der Waals surface area contributed by atoms with Crippen LogP contribution in [0.2, 0.25) is 0 Å². The number of benzene rings is 2. The second-order valence-corrected chi connectivity index (χ2v) is 9.10. The van der Waals surface area contributed by atoms with Gasteiger partial charge >= 0.3 is 6.03 Å². The van der Waals surface area contributed by atoms with Crippen molar-refractivity contribution in [2.24, 2.45) is 0 Å². The fourth-order valence-electron chi connectivity index (χ4n) is 2.61. The highest BCUT2D eigenvalue weighted by Crippen LogP contribution is 2.31. The number of carbonyl (C=O) groups excluding carboxylic acids is 2. The average Bonchev–Trinajstić information content (AvgIpc) is 3.06. The highest BCUT2D eigenvalue weighted by molar-refractivity contribution is 9.10. The molecule has 1 aliphatic rings. The maximum atomic E-state index is 12.4. The van der Waals surface area contributed by atoms with E-state index in [2.05, 4.69) is 26.6 Å². The number of likely N-dealkylation sites (N-methyl/N-ethyl adjacent to an activating group) is 1. The van der Waals surface area contributed by atoms with Gasteiger partial charge in [-0.2, -0.15) is 0 Å². The van der Waals surface area contributed by atoms with Crippen molar-refractivity contribution in [2.75, 3.05) is 32.6 Å². The zero-order valence-corrected chi connectivity index (χ0v) is 20.0. The molecule has 162 valence electrons. The van der Waals surface area contributed by atoms with Gasteiger partial charge in [0.2, 0.25) is 0 Å². The van der Waals surface area contributed by atoms with Gasteiger partial charge in [-0.3, -0.25) is 4.79 Å². The molecule has 10 heteroatoms. The Balaban J connectivity index is 1.58. The number of amides is 3. The first kappa shape index (κ1) is 23.1. The molecule has 0 aliphatic carbocycles. The minimum atomic E-state index is -0.251. The highest BCUT2D eigenvalue weighted by atomic mass is 79.9. The molecule has 3 rings (SSSR count). The molecule has 1 heterocycles. The number of hydrogen-bond acceptors (Lipinski definition) is 6. The first-order valence-electron chi connectivity index (χ1n) is 9.19. The van der Waals surface area contributed by atoms with Crippen LogP contribution in [0.4, 0.5) is 10.5 Å². The number of hydrogen-bond donors (Lipinski definition) is 2. The van der Waals surface area contributed by atoms with Gasteiger partial charge in [0, 0.05) is 22.8 Å². The normalized spacial score (nSPS) is 14.4. The van der Waals surface area contributed by atoms with Crippen molar-refractivity contribution in [3.05, 3.63) is 57.4 Å². The van der Waals surface area contributed by atoms with Gasteiger partial charge in [-0.15, -0.1) is 0 Å². The summed E-state index contributed by atoms with van der Waals surface area (Å²) >= 11 is 9.68. The summed E-state index contributed by atoms with van der Waals surface area (Å²) in [6, 6.07) is 12.4. The summed E-state index contributed by atoms with van der Waals surface area (Å²) in [4.78, 5) is 26.4. The van der Waals surface area contributed by atoms with Crippen molar-refractivity contribution >= 4 is 67.9 Å². The summed E-state index contributed by atoms with van der Waals surface area (Å²) in [6.45, 7) is 0.648. The predicted octanol–water partition coefficient (Wildman–Crippen LogP) is 4.49. The van der Waals surface area contributed by atoms with Crippen molar-refractivity contribution < 1.29 is 19.1 Å². The molecule has 0 bridgehead atoms. The third-order valence-corrected chi connectivity index (χ3v) is 5.93. The summed E-state index contributed by atoms with van der Waals surface area (Å²) in [5.74, 6) is 1.09. The number of methoxy groups -OCH3 is 1. The van der Waals surface area contributed by atoms with Crippen molar-refractivity contribution in [1.82, 2.24) is 10.2 Å². The number of urea groups is 1. The molecule has 1 saturated heterocycles. The molecule has 7 nitrogen and oxygen atoms in total. The molecule has 0 radical (unpaired) electrons. The third kappa shape index (κ3) is 6.46. The Morgan fingerprint density at radius 2 is 2.03 bits per heavy atom. The Labute approximate surface area is 198 Å². The van der Waals surface area contributed by atoms with Crippen molar-refractivity contribution in [1.29, 1.82) is 0 Å².